The maximum absolute atomic E-state index is 5.69. The molecule has 17 heavy (non-hydrogen) atoms. The van der Waals surface area contributed by atoms with Crippen molar-refractivity contribution < 1.29 is 4.74 Å². The summed E-state index contributed by atoms with van der Waals surface area (Å²) in [7, 11) is 0. The molecule has 0 spiro atoms. The van der Waals surface area contributed by atoms with Crippen LogP contribution in [-0.2, 0) is 4.74 Å². The molecule has 2 saturated heterocycles. The van der Waals surface area contributed by atoms with Gasteiger partial charge in [0.05, 0.1) is 6.61 Å². The minimum Gasteiger partial charge on any atom is -0.380 e. The standard InChI is InChI=1S/C14H28N2O/c1-13(2)12-17-10-9-15-6-4-8-16-7-3-5-14(16)11-15/h13-14H,3-12H2,1-2H3. The van der Waals surface area contributed by atoms with Crippen LogP contribution in [0.4, 0.5) is 0 Å². The Balaban J connectivity index is 1.66. The van der Waals surface area contributed by atoms with Crippen molar-refractivity contribution in [1.29, 1.82) is 0 Å². The van der Waals surface area contributed by atoms with Gasteiger partial charge in [-0.05, 0) is 44.8 Å². The summed E-state index contributed by atoms with van der Waals surface area (Å²) in [6.07, 6.45) is 4.15. The van der Waals surface area contributed by atoms with Gasteiger partial charge in [0.1, 0.15) is 0 Å². The molecule has 3 nitrogen and oxygen atoms in total. The van der Waals surface area contributed by atoms with Gasteiger partial charge >= 0.3 is 0 Å². The van der Waals surface area contributed by atoms with Gasteiger partial charge in [-0.3, -0.25) is 9.80 Å². The van der Waals surface area contributed by atoms with Crippen molar-refractivity contribution in [2.75, 3.05) is 45.9 Å². The first-order chi connectivity index (χ1) is 8.25. The molecule has 2 fully saturated rings. The van der Waals surface area contributed by atoms with Crippen molar-refractivity contribution in [3.8, 4) is 0 Å². The molecule has 0 aromatic rings. The minimum absolute atomic E-state index is 0.657. The summed E-state index contributed by atoms with van der Waals surface area (Å²) < 4.78 is 5.69. The Labute approximate surface area is 106 Å². The lowest BCUT2D eigenvalue weighted by Crippen LogP contribution is -2.38. The van der Waals surface area contributed by atoms with Crippen molar-refractivity contribution in [2.45, 2.75) is 39.2 Å². The first-order valence-corrected chi connectivity index (χ1v) is 7.30. The molecule has 0 aromatic carbocycles. The van der Waals surface area contributed by atoms with Gasteiger partial charge < -0.3 is 4.74 Å². The van der Waals surface area contributed by atoms with Crippen LogP contribution in [0.1, 0.15) is 33.1 Å². The van der Waals surface area contributed by atoms with Crippen LogP contribution >= 0.6 is 0 Å². The van der Waals surface area contributed by atoms with Crippen molar-refractivity contribution in [3.63, 3.8) is 0 Å². The summed E-state index contributed by atoms with van der Waals surface area (Å²) >= 11 is 0. The normalized spacial score (nSPS) is 27.4. The van der Waals surface area contributed by atoms with Crippen molar-refractivity contribution >= 4 is 0 Å². The van der Waals surface area contributed by atoms with E-state index in [1.54, 1.807) is 0 Å². The van der Waals surface area contributed by atoms with Crippen LogP contribution in [0.5, 0.6) is 0 Å². The lowest BCUT2D eigenvalue weighted by Gasteiger charge is -2.25. The molecule has 0 amide bonds. The number of nitrogens with zero attached hydrogens (tertiary/aromatic N) is 2. The number of ether oxygens (including phenoxy) is 1. The molecule has 1 atom stereocenters. The molecule has 0 aliphatic carbocycles. The molecule has 2 aliphatic heterocycles. The molecule has 100 valence electrons. The number of rotatable bonds is 5. The predicted molar refractivity (Wildman–Crippen MR) is 71.3 cm³/mol. The zero-order chi connectivity index (χ0) is 12.1. The van der Waals surface area contributed by atoms with Gasteiger partial charge in [0.25, 0.3) is 0 Å². The third-order valence-corrected chi connectivity index (χ3v) is 3.89. The molecule has 1 unspecified atom stereocenters. The summed E-state index contributed by atoms with van der Waals surface area (Å²) in [5.74, 6) is 0.657. The maximum atomic E-state index is 5.69. The Morgan fingerprint density at radius 3 is 2.82 bits per heavy atom. The zero-order valence-corrected chi connectivity index (χ0v) is 11.5. The summed E-state index contributed by atoms with van der Waals surface area (Å²) in [6.45, 7) is 12.5. The molecule has 2 heterocycles. The van der Waals surface area contributed by atoms with Gasteiger partial charge in [0.15, 0.2) is 0 Å². The fourth-order valence-electron chi connectivity index (χ4n) is 3.00. The van der Waals surface area contributed by atoms with Crippen LogP contribution in [-0.4, -0.2) is 61.8 Å². The Kier molecular flexibility index (Phi) is 5.26. The number of fused-ring (bicyclic) bond motifs is 1. The monoisotopic (exact) mass is 240 g/mol. The highest BCUT2D eigenvalue weighted by atomic mass is 16.5. The SMILES string of the molecule is CC(C)COCCN1CCCN2CCCC2C1. The van der Waals surface area contributed by atoms with Crippen molar-refractivity contribution in [1.82, 2.24) is 9.80 Å². The van der Waals surface area contributed by atoms with E-state index in [-0.39, 0.29) is 0 Å². The first-order valence-electron chi connectivity index (χ1n) is 7.30. The molecular formula is C14H28N2O. The van der Waals surface area contributed by atoms with E-state index < -0.39 is 0 Å². The summed E-state index contributed by atoms with van der Waals surface area (Å²) in [6, 6.07) is 0.836. The number of hydrogen-bond donors (Lipinski definition) is 0. The van der Waals surface area contributed by atoms with Crippen LogP contribution in [0.2, 0.25) is 0 Å². The molecule has 0 aromatic heterocycles. The van der Waals surface area contributed by atoms with Gasteiger partial charge in [-0.25, -0.2) is 0 Å². The van der Waals surface area contributed by atoms with Gasteiger partial charge in [-0.15, -0.1) is 0 Å². The maximum Gasteiger partial charge on any atom is 0.0593 e. The highest BCUT2D eigenvalue weighted by molar-refractivity contribution is 4.84. The van der Waals surface area contributed by atoms with E-state index in [0.29, 0.717) is 5.92 Å². The second-order valence-corrected chi connectivity index (χ2v) is 5.95. The van der Waals surface area contributed by atoms with Gasteiger partial charge in [0, 0.05) is 25.7 Å². The summed E-state index contributed by atoms with van der Waals surface area (Å²) in [4.78, 5) is 5.30. The van der Waals surface area contributed by atoms with E-state index in [1.165, 1.54) is 45.4 Å². The number of hydrogen-bond acceptors (Lipinski definition) is 3. The molecule has 0 radical (unpaired) electrons. The van der Waals surface area contributed by atoms with Crippen LogP contribution in [0, 0.1) is 5.92 Å². The van der Waals surface area contributed by atoms with E-state index in [2.05, 4.69) is 23.6 Å². The van der Waals surface area contributed by atoms with Crippen molar-refractivity contribution in [3.05, 3.63) is 0 Å². The van der Waals surface area contributed by atoms with E-state index in [1.807, 2.05) is 0 Å². The quantitative estimate of drug-likeness (QED) is 0.682. The average Bonchev–Trinajstić information content (AvgIpc) is 2.63. The van der Waals surface area contributed by atoms with Gasteiger partial charge in [-0.1, -0.05) is 13.8 Å². The Morgan fingerprint density at radius 1 is 1.18 bits per heavy atom. The van der Waals surface area contributed by atoms with Crippen LogP contribution in [0.3, 0.4) is 0 Å². The average molecular weight is 240 g/mol. The Hall–Kier alpha value is -0.120. The molecular weight excluding hydrogens is 212 g/mol. The second kappa shape index (κ2) is 6.72. The topological polar surface area (TPSA) is 15.7 Å². The molecule has 0 N–H and O–H groups in total. The van der Waals surface area contributed by atoms with Crippen molar-refractivity contribution in [2.24, 2.45) is 5.92 Å². The Morgan fingerprint density at radius 2 is 2.00 bits per heavy atom. The van der Waals surface area contributed by atoms with Gasteiger partial charge in [-0.2, -0.15) is 0 Å². The third kappa shape index (κ3) is 4.23. The van der Waals surface area contributed by atoms with Crippen LogP contribution < -0.4 is 0 Å². The highest BCUT2D eigenvalue weighted by Crippen LogP contribution is 2.20. The highest BCUT2D eigenvalue weighted by Gasteiger charge is 2.28. The smallest absolute Gasteiger partial charge is 0.0593 e. The van der Waals surface area contributed by atoms with E-state index in [4.69, 9.17) is 4.74 Å². The van der Waals surface area contributed by atoms with Crippen LogP contribution in [0.25, 0.3) is 0 Å². The lowest BCUT2D eigenvalue weighted by molar-refractivity contribution is 0.0832. The molecule has 3 heteroatoms. The second-order valence-electron chi connectivity index (χ2n) is 5.95. The van der Waals surface area contributed by atoms with E-state index in [9.17, 15) is 0 Å². The fourth-order valence-corrected chi connectivity index (χ4v) is 3.00. The van der Waals surface area contributed by atoms with Gasteiger partial charge in [0.2, 0.25) is 0 Å². The first kappa shape index (κ1) is 13.3. The van der Waals surface area contributed by atoms with E-state index >= 15 is 0 Å². The predicted octanol–water partition coefficient (Wildman–Crippen LogP) is 1.83. The molecule has 0 bridgehead atoms. The molecule has 0 saturated carbocycles. The Bertz CT molecular complexity index is 220. The third-order valence-electron chi connectivity index (χ3n) is 3.89. The fraction of sp³-hybridized carbons (Fsp3) is 1.00. The summed E-state index contributed by atoms with van der Waals surface area (Å²) in [5.41, 5.74) is 0. The van der Waals surface area contributed by atoms with Crippen LogP contribution in [0.15, 0.2) is 0 Å². The van der Waals surface area contributed by atoms with E-state index in [0.717, 1.165) is 25.8 Å². The minimum atomic E-state index is 0.657. The largest absolute Gasteiger partial charge is 0.380 e. The summed E-state index contributed by atoms with van der Waals surface area (Å²) in [5, 5.41) is 0. The molecule has 2 aliphatic rings. The molecule has 2 rings (SSSR count). The lowest BCUT2D eigenvalue weighted by atomic mass is 10.2. The zero-order valence-electron chi connectivity index (χ0n) is 11.5.